The molecule has 21 heavy (non-hydrogen) atoms. The van der Waals surface area contributed by atoms with E-state index in [0.29, 0.717) is 24.9 Å². The molecule has 0 spiro atoms. The molecule has 112 valence electrons. The number of nitrogens with zero attached hydrogens (tertiary/aromatic N) is 4. The molecule has 2 aromatic rings. The molecule has 0 bridgehead atoms. The summed E-state index contributed by atoms with van der Waals surface area (Å²) < 4.78 is 5.00. The SMILES string of the molecule is CCN(Cc1ccccc1)c1nncc(NCCOC)n1. The topological polar surface area (TPSA) is 63.2 Å². The summed E-state index contributed by atoms with van der Waals surface area (Å²) in [5.74, 6) is 1.34. The van der Waals surface area contributed by atoms with Gasteiger partial charge in [-0.25, -0.2) is 0 Å². The third kappa shape index (κ3) is 4.68. The van der Waals surface area contributed by atoms with Crippen LogP contribution in [-0.2, 0) is 11.3 Å². The molecule has 2 rings (SSSR count). The minimum Gasteiger partial charge on any atom is -0.383 e. The monoisotopic (exact) mass is 287 g/mol. The minimum atomic E-state index is 0.626. The van der Waals surface area contributed by atoms with Gasteiger partial charge in [0.05, 0.1) is 12.8 Å². The molecule has 1 aromatic heterocycles. The Morgan fingerprint density at radius 1 is 1.24 bits per heavy atom. The predicted molar refractivity (Wildman–Crippen MR) is 83.4 cm³/mol. The first-order chi connectivity index (χ1) is 10.3. The van der Waals surface area contributed by atoms with Crippen LogP contribution in [0, 0.1) is 0 Å². The lowest BCUT2D eigenvalue weighted by atomic mass is 10.2. The lowest BCUT2D eigenvalue weighted by Gasteiger charge is -2.20. The van der Waals surface area contributed by atoms with Crippen LogP contribution in [0.25, 0.3) is 0 Å². The van der Waals surface area contributed by atoms with Gasteiger partial charge in [-0.05, 0) is 12.5 Å². The van der Waals surface area contributed by atoms with Gasteiger partial charge < -0.3 is 15.0 Å². The Morgan fingerprint density at radius 3 is 2.76 bits per heavy atom. The van der Waals surface area contributed by atoms with E-state index < -0.39 is 0 Å². The van der Waals surface area contributed by atoms with E-state index in [4.69, 9.17) is 4.74 Å². The van der Waals surface area contributed by atoms with Gasteiger partial charge in [0, 0.05) is 26.7 Å². The van der Waals surface area contributed by atoms with Crippen LogP contribution in [0.2, 0.25) is 0 Å². The highest BCUT2D eigenvalue weighted by Gasteiger charge is 2.09. The minimum absolute atomic E-state index is 0.626. The molecule has 1 heterocycles. The fourth-order valence-electron chi connectivity index (χ4n) is 1.92. The molecule has 1 N–H and O–H groups in total. The van der Waals surface area contributed by atoms with Gasteiger partial charge in [0.1, 0.15) is 0 Å². The third-order valence-electron chi connectivity index (χ3n) is 3.04. The first-order valence-electron chi connectivity index (χ1n) is 7.05. The molecule has 0 aliphatic rings. The summed E-state index contributed by atoms with van der Waals surface area (Å²) in [7, 11) is 1.67. The second-order valence-corrected chi connectivity index (χ2v) is 4.56. The molecule has 1 aromatic carbocycles. The van der Waals surface area contributed by atoms with Crippen molar-refractivity contribution in [3.05, 3.63) is 42.1 Å². The number of rotatable bonds is 8. The van der Waals surface area contributed by atoms with Gasteiger partial charge in [-0.1, -0.05) is 30.3 Å². The fourth-order valence-corrected chi connectivity index (χ4v) is 1.92. The Kier molecular flexibility index (Phi) is 5.90. The van der Waals surface area contributed by atoms with Crippen LogP contribution < -0.4 is 10.2 Å². The zero-order valence-corrected chi connectivity index (χ0v) is 12.5. The van der Waals surface area contributed by atoms with Gasteiger partial charge >= 0.3 is 0 Å². The standard InChI is InChI=1S/C15H21N5O/c1-3-20(12-13-7-5-4-6-8-13)15-18-14(11-17-19-15)16-9-10-21-2/h4-8,11H,3,9-10,12H2,1-2H3,(H,16,18,19). The molecular weight excluding hydrogens is 266 g/mol. The van der Waals surface area contributed by atoms with Crippen molar-refractivity contribution in [1.82, 2.24) is 15.2 Å². The summed E-state index contributed by atoms with van der Waals surface area (Å²) in [6, 6.07) is 10.3. The maximum atomic E-state index is 5.00. The number of aromatic nitrogens is 3. The lowest BCUT2D eigenvalue weighted by molar-refractivity contribution is 0.210. The maximum Gasteiger partial charge on any atom is 0.247 e. The number of benzene rings is 1. The molecular formula is C15H21N5O. The smallest absolute Gasteiger partial charge is 0.247 e. The fraction of sp³-hybridized carbons (Fsp3) is 0.400. The molecule has 6 nitrogen and oxygen atoms in total. The Bertz CT molecular complexity index is 535. The first-order valence-corrected chi connectivity index (χ1v) is 7.05. The number of anilines is 2. The second-order valence-electron chi connectivity index (χ2n) is 4.56. The highest BCUT2D eigenvalue weighted by Crippen LogP contribution is 2.13. The van der Waals surface area contributed by atoms with Gasteiger partial charge in [0.2, 0.25) is 5.95 Å². The molecule has 0 fully saturated rings. The number of nitrogens with one attached hydrogen (secondary N) is 1. The Labute approximate surface area is 125 Å². The Hall–Kier alpha value is -2.21. The van der Waals surface area contributed by atoms with Crippen molar-refractivity contribution in [2.24, 2.45) is 0 Å². The van der Waals surface area contributed by atoms with Gasteiger partial charge in [-0.15, -0.1) is 5.10 Å². The number of hydrogen-bond donors (Lipinski definition) is 1. The average molecular weight is 287 g/mol. The summed E-state index contributed by atoms with van der Waals surface area (Å²) in [6.07, 6.45) is 1.62. The van der Waals surface area contributed by atoms with Gasteiger partial charge in [-0.2, -0.15) is 10.1 Å². The first kappa shape index (κ1) is 15.2. The number of hydrogen-bond acceptors (Lipinski definition) is 6. The quantitative estimate of drug-likeness (QED) is 0.749. The van der Waals surface area contributed by atoms with Crippen molar-refractivity contribution in [1.29, 1.82) is 0 Å². The van der Waals surface area contributed by atoms with Crippen molar-refractivity contribution >= 4 is 11.8 Å². The van der Waals surface area contributed by atoms with Crippen molar-refractivity contribution in [3.8, 4) is 0 Å². The lowest BCUT2D eigenvalue weighted by Crippen LogP contribution is -2.25. The van der Waals surface area contributed by atoms with E-state index in [1.165, 1.54) is 5.56 Å². The molecule has 0 saturated heterocycles. The van der Waals surface area contributed by atoms with Crippen LogP contribution in [0.1, 0.15) is 12.5 Å². The zero-order valence-electron chi connectivity index (χ0n) is 12.5. The van der Waals surface area contributed by atoms with E-state index in [1.807, 2.05) is 18.2 Å². The van der Waals surface area contributed by atoms with Crippen molar-refractivity contribution in [2.45, 2.75) is 13.5 Å². The molecule has 0 aliphatic carbocycles. The Balaban J connectivity index is 2.05. The summed E-state index contributed by atoms with van der Waals surface area (Å²) in [5, 5.41) is 11.3. The van der Waals surface area contributed by atoms with Crippen LogP contribution in [0.15, 0.2) is 36.5 Å². The van der Waals surface area contributed by atoms with Crippen LogP contribution >= 0.6 is 0 Å². The normalized spacial score (nSPS) is 10.4. The molecule has 0 aliphatic heterocycles. The Morgan fingerprint density at radius 2 is 2.05 bits per heavy atom. The van der Waals surface area contributed by atoms with Crippen molar-refractivity contribution in [2.75, 3.05) is 37.0 Å². The maximum absolute atomic E-state index is 5.00. The number of methoxy groups -OCH3 is 1. The van der Waals surface area contributed by atoms with E-state index in [-0.39, 0.29) is 0 Å². The molecule has 0 saturated carbocycles. The van der Waals surface area contributed by atoms with Crippen LogP contribution in [0.5, 0.6) is 0 Å². The van der Waals surface area contributed by atoms with Crippen LogP contribution in [0.4, 0.5) is 11.8 Å². The van der Waals surface area contributed by atoms with E-state index in [9.17, 15) is 0 Å². The molecule has 0 atom stereocenters. The van der Waals surface area contributed by atoms with Gasteiger partial charge in [0.15, 0.2) is 5.82 Å². The molecule has 0 unspecified atom stereocenters. The summed E-state index contributed by atoms with van der Waals surface area (Å²) in [5.41, 5.74) is 1.22. The van der Waals surface area contributed by atoms with Crippen molar-refractivity contribution < 1.29 is 4.74 Å². The molecule has 6 heteroatoms. The third-order valence-corrected chi connectivity index (χ3v) is 3.04. The summed E-state index contributed by atoms with van der Waals surface area (Å²) in [6.45, 7) is 4.98. The van der Waals surface area contributed by atoms with E-state index >= 15 is 0 Å². The summed E-state index contributed by atoms with van der Waals surface area (Å²) in [4.78, 5) is 6.58. The van der Waals surface area contributed by atoms with Crippen molar-refractivity contribution in [3.63, 3.8) is 0 Å². The van der Waals surface area contributed by atoms with Crippen LogP contribution in [0.3, 0.4) is 0 Å². The largest absolute Gasteiger partial charge is 0.383 e. The highest BCUT2D eigenvalue weighted by molar-refractivity contribution is 5.39. The predicted octanol–water partition coefficient (Wildman–Crippen LogP) is 1.96. The van der Waals surface area contributed by atoms with E-state index in [1.54, 1.807) is 13.3 Å². The number of ether oxygens (including phenoxy) is 1. The van der Waals surface area contributed by atoms with Gasteiger partial charge in [0.25, 0.3) is 0 Å². The van der Waals surface area contributed by atoms with E-state index in [2.05, 4.69) is 44.5 Å². The van der Waals surface area contributed by atoms with Gasteiger partial charge in [-0.3, -0.25) is 0 Å². The highest BCUT2D eigenvalue weighted by atomic mass is 16.5. The zero-order chi connectivity index (χ0) is 14.9. The molecule has 0 radical (unpaired) electrons. The van der Waals surface area contributed by atoms with E-state index in [0.717, 1.165) is 13.1 Å². The average Bonchev–Trinajstić information content (AvgIpc) is 2.54. The second kappa shape index (κ2) is 8.16. The summed E-state index contributed by atoms with van der Waals surface area (Å²) >= 11 is 0. The van der Waals surface area contributed by atoms with Crippen LogP contribution in [-0.4, -0.2) is 42.0 Å². The molecule has 0 amide bonds.